The number of carbonyl (C=O) groups excluding carboxylic acids is 1. The van der Waals surface area contributed by atoms with Gasteiger partial charge in [-0.2, -0.15) is 0 Å². The summed E-state index contributed by atoms with van der Waals surface area (Å²) in [6.07, 6.45) is 6.06. The fourth-order valence-corrected chi connectivity index (χ4v) is 2.70. The molecule has 0 amide bonds. The van der Waals surface area contributed by atoms with E-state index in [1.165, 1.54) is 3.58 Å². The molecule has 0 N–H and O–H groups in total. The van der Waals surface area contributed by atoms with Gasteiger partial charge in [0.15, 0.2) is 0 Å². The molecule has 1 unspecified atom stereocenters. The lowest BCUT2D eigenvalue weighted by Crippen LogP contribution is -2.37. The Labute approximate surface area is 112 Å². The van der Waals surface area contributed by atoms with Crippen LogP contribution in [0.2, 0.25) is 0 Å². The largest absolute Gasteiger partial charge is 0.455 e. The van der Waals surface area contributed by atoms with Gasteiger partial charge in [-0.1, -0.05) is 6.92 Å². The first-order chi connectivity index (χ1) is 7.29. The van der Waals surface area contributed by atoms with E-state index < -0.39 is 5.60 Å². The second-order valence-corrected chi connectivity index (χ2v) is 6.77. The summed E-state index contributed by atoms with van der Waals surface area (Å²) in [5.74, 6) is -0.0835. The van der Waals surface area contributed by atoms with Gasteiger partial charge in [0.2, 0.25) is 0 Å². The first-order valence-electron chi connectivity index (χ1n) is 5.90. The second kappa shape index (κ2) is 5.07. The Kier molecular flexibility index (Phi) is 4.43. The Morgan fingerprint density at radius 1 is 1.62 bits per heavy atom. The Morgan fingerprint density at radius 2 is 2.25 bits per heavy atom. The predicted octanol–water partition coefficient (Wildman–Crippen LogP) is 4.23. The zero-order valence-corrected chi connectivity index (χ0v) is 12.8. The van der Waals surface area contributed by atoms with Crippen LogP contribution in [0.4, 0.5) is 0 Å². The van der Waals surface area contributed by atoms with Crippen molar-refractivity contribution in [1.82, 2.24) is 0 Å². The molecule has 0 radical (unpaired) electrons. The average Bonchev–Trinajstić information content (AvgIpc) is 2.16. The number of rotatable bonds is 3. The van der Waals surface area contributed by atoms with Crippen molar-refractivity contribution in [1.29, 1.82) is 0 Å². The molecule has 0 spiro atoms. The number of carbonyl (C=O) groups is 1. The van der Waals surface area contributed by atoms with E-state index in [1.54, 1.807) is 0 Å². The molecule has 0 heterocycles. The molecule has 0 aromatic carbocycles. The standard InChI is InChI=1S/C13H21IO2/c1-5-12(2,3)11(15)16-13(4)8-6-7-10(14)9-13/h9H,5-8H2,1-4H3. The summed E-state index contributed by atoms with van der Waals surface area (Å²) in [5.41, 5.74) is -0.766. The van der Waals surface area contributed by atoms with Gasteiger partial charge < -0.3 is 4.74 Å². The molecule has 0 saturated heterocycles. The van der Waals surface area contributed by atoms with Gasteiger partial charge in [-0.05, 0) is 78.7 Å². The third-order valence-electron chi connectivity index (χ3n) is 3.31. The fraction of sp³-hybridized carbons (Fsp3) is 0.769. The number of esters is 1. The highest BCUT2D eigenvalue weighted by Gasteiger charge is 2.35. The van der Waals surface area contributed by atoms with E-state index in [4.69, 9.17) is 4.74 Å². The molecular formula is C13H21IO2. The molecule has 1 rings (SSSR count). The van der Waals surface area contributed by atoms with Crippen molar-refractivity contribution < 1.29 is 9.53 Å². The van der Waals surface area contributed by atoms with Crippen LogP contribution in [0.3, 0.4) is 0 Å². The molecule has 1 atom stereocenters. The predicted molar refractivity (Wildman–Crippen MR) is 74.5 cm³/mol. The molecule has 3 heteroatoms. The SMILES string of the molecule is CCC(C)(C)C(=O)OC1(C)C=C(I)CCC1. The molecule has 1 aliphatic rings. The molecule has 92 valence electrons. The maximum absolute atomic E-state index is 12.0. The Hall–Kier alpha value is -0.0600. The summed E-state index contributed by atoms with van der Waals surface area (Å²) < 4.78 is 6.98. The Balaban J connectivity index is 2.73. The lowest BCUT2D eigenvalue weighted by Gasteiger charge is -2.33. The minimum absolute atomic E-state index is 0.0835. The van der Waals surface area contributed by atoms with Crippen molar-refractivity contribution in [3.8, 4) is 0 Å². The molecular weight excluding hydrogens is 315 g/mol. The Morgan fingerprint density at radius 3 is 2.75 bits per heavy atom. The number of ether oxygens (including phenoxy) is 1. The van der Waals surface area contributed by atoms with E-state index in [0.717, 1.165) is 25.7 Å². The third-order valence-corrected chi connectivity index (χ3v) is 4.16. The van der Waals surface area contributed by atoms with Gasteiger partial charge in [-0.3, -0.25) is 4.79 Å². The lowest BCUT2D eigenvalue weighted by molar-refractivity contribution is -0.165. The van der Waals surface area contributed by atoms with Gasteiger partial charge in [0, 0.05) is 0 Å². The van der Waals surface area contributed by atoms with Crippen molar-refractivity contribution in [2.45, 2.75) is 59.0 Å². The van der Waals surface area contributed by atoms with Crippen molar-refractivity contribution in [3.63, 3.8) is 0 Å². The van der Waals surface area contributed by atoms with E-state index in [9.17, 15) is 4.79 Å². The molecule has 0 fully saturated rings. The molecule has 2 nitrogen and oxygen atoms in total. The van der Waals surface area contributed by atoms with Crippen LogP contribution in [-0.4, -0.2) is 11.6 Å². The van der Waals surface area contributed by atoms with Crippen LogP contribution in [0, 0.1) is 5.41 Å². The van der Waals surface area contributed by atoms with Gasteiger partial charge in [0.05, 0.1) is 5.41 Å². The van der Waals surface area contributed by atoms with E-state index in [-0.39, 0.29) is 11.4 Å². The van der Waals surface area contributed by atoms with E-state index >= 15 is 0 Å². The smallest absolute Gasteiger partial charge is 0.312 e. The number of hydrogen-bond donors (Lipinski definition) is 0. The Bertz CT molecular complexity index is 307. The maximum atomic E-state index is 12.0. The van der Waals surface area contributed by atoms with Crippen LogP contribution in [0.25, 0.3) is 0 Å². The molecule has 0 bridgehead atoms. The summed E-state index contributed by atoms with van der Waals surface area (Å²) >= 11 is 2.33. The van der Waals surface area contributed by atoms with Gasteiger partial charge in [0.1, 0.15) is 5.60 Å². The average molecular weight is 336 g/mol. The van der Waals surface area contributed by atoms with E-state index in [0.29, 0.717) is 0 Å². The molecule has 0 aromatic heterocycles. The van der Waals surface area contributed by atoms with Crippen LogP contribution in [0.5, 0.6) is 0 Å². The van der Waals surface area contributed by atoms with Crippen LogP contribution in [-0.2, 0) is 9.53 Å². The van der Waals surface area contributed by atoms with Crippen molar-refractivity contribution in [2.24, 2.45) is 5.41 Å². The first kappa shape index (κ1) is 14.0. The zero-order valence-electron chi connectivity index (χ0n) is 10.6. The normalized spacial score (nSPS) is 26.2. The number of halogens is 1. The first-order valence-corrected chi connectivity index (χ1v) is 6.98. The topological polar surface area (TPSA) is 26.3 Å². The summed E-state index contributed by atoms with van der Waals surface area (Å²) in [7, 11) is 0. The molecule has 16 heavy (non-hydrogen) atoms. The molecule has 0 saturated carbocycles. The highest BCUT2D eigenvalue weighted by Crippen LogP contribution is 2.34. The minimum atomic E-state index is -0.391. The highest BCUT2D eigenvalue weighted by molar-refractivity contribution is 14.1. The lowest BCUT2D eigenvalue weighted by atomic mass is 9.88. The third kappa shape index (κ3) is 3.47. The quantitative estimate of drug-likeness (QED) is 0.570. The fourth-order valence-electron chi connectivity index (χ4n) is 1.66. The summed E-state index contributed by atoms with van der Waals surface area (Å²) in [5, 5.41) is 0. The summed E-state index contributed by atoms with van der Waals surface area (Å²) in [4.78, 5) is 12.0. The summed E-state index contributed by atoms with van der Waals surface area (Å²) in [6.45, 7) is 7.91. The highest BCUT2D eigenvalue weighted by atomic mass is 127. The van der Waals surface area contributed by atoms with Crippen LogP contribution >= 0.6 is 22.6 Å². The molecule has 0 aliphatic heterocycles. The molecule has 1 aliphatic carbocycles. The second-order valence-electron chi connectivity index (χ2n) is 5.38. The van der Waals surface area contributed by atoms with Gasteiger partial charge >= 0.3 is 5.97 Å². The molecule has 0 aromatic rings. The maximum Gasteiger partial charge on any atom is 0.312 e. The van der Waals surface area contributed by atoms with Gasteiger partial charge in [-0.15, -0.1) is 0 Å². The van der Waals surface area contributed by atoms with Crippen molar-refractivity contribution in [2.75, 3.05) is 0 Å². The van der Waals surface area contributed by atoms with Gasteiger partial charge in [-0.25, -0.2) is 0 Å². The number of allylic oxidation sites excluding steroid dienone is 1. The van der Waals surface area contributed by atoms with Crippen LogP contribution < -0.4 is 0 Å². The van der Waals surface area contributed by atoms with Crippen LogP contribution in [0.15, 0.2) is 9.66 Å². The minimum Gasteiger partial charge on any atom is -0.455 e. The van der Waals surface area contributed by atoms with Crippen molar-refractivity contribution in [3.05, 3.63) is 9.66 Å². The van der Waals surface area contributed by atoms with E-state index in [1.807, 2.05) is 27.7 Å². The number of hydrogen-bond acceptors (Lipinski definition) is 2. The van der Waals surface area contributed by atoms with Crippen LogP contribution in [0.1, 0.15) is 53.4 Å². The monoisotopic (exact) mass is 336 g/mol. The summed E-state index contributed by atoms with van der Waals surface area (Å²) in [6, 6.07) is 0. The zero-order chi connectivity index (χ0) is 12.4. The van der Waals surface area contributed by atoms with Gasteiger partial charge in [0.25, 0.3) is 0 Å². The van der Waals surface area contributed by atoms with Crippen molar-refractivity contribution >= 4 is 28.6 Å². The van der Waals surface area contributed by atoms with E-state index in [2.05, 4.69) is 28.7 Å².